The van der Waals surface area contributed by atoms with Crippen LogP contribution >= 0.6 is 0 Å². The van der Waals surface area contributed by atoms with E-state index in [9.17, 15) is 53.1 Å². The van der Waals surface area contributed by atoms with Crippen LogP contribution in [0.2, 0.25) is 0 Å². The number of carboxylic acids is 1. The molecule has 30 nitrogen and oxygen atoms in total. The molecule has 6 rings (SSSR count). The maximum absolute atomic E-state index is 14.5. The maximum atomic E-state index is 14.5. The first-order valence-electron chi connectivity index (χ1n) is 32.1. The number of nitrogens with two attached hydrogens (primary N) is 6. The number of fused-ring (bicyclic) bond motifs is 1. The number of carbonyl (C=O) groups excluding carboxylic acids is 9. The Morgan fingerprint density at radius 1 is 0.449 bits per heavy atom. The quantitative estimate of drug-likeness (QED) is 0.0244. The summed E-state index contributed by atoms with van der Waals surface area (Å²) in [5, 5.41) is 32.2. The average Bonchev–Trinajstić information content (AvgIpc) is 1.20. The van der Waals surface area contributed by atoms with Crippen molar-refractivity contribution < 1.29 is 72.0 Å². The number of ether oxygens (including phenoxy) is 4. The molecule has 1 heterocycles. The van der Waals surface area contributed by atoms with Crippen molar-refractivity contribution in [3.63, 3.8) is 0 Å². The summed E-state index contributed by atoms with van der Waals surface area (Å²) in [5.74, 6) is -7.98. The van der Waals surface area contributed by atoms with Crippen LogP contribution in [0.5, 0.6) is 23.0 Å². The first-order valence-corrected chi connectivity index (χ1v) is 32.1. The second kappa shape index (κ2) is 38.8. The van der Waals surface area contributed by atoms with Crippen molar-refractivity contribution in [1.82, 2.24) is 26.3 Å². The van der Waals surface area contributed by atoms with Crippen molar-refractivity contribution in [1.29, 1.82) is 0 Å². The topological polar surface area (TPSA) is 496 Å². The minimum Gasteiger partial charge on any atom is -0.496 e. The number of aromatic amines is 1. The van der Waals surface area contributed by atoms with Crippen LogP contribution < -0.4 is 95.9 Å². The van der Waals surface area contributed by atoms with Gasteiger partial charge in [-0.1, -0.05) is 24.6 Å². The van der Waals surface area contributed by atoms with Crippen LogP contribution in [0.3, 0.4) is 0 Å². The summed E-state index contributed by atoms with van der Waals surface area (Å²) < 4.78 is 22.0. The highest BCUT2D eigenvalue weighted by Crippen LogP contribution is 2.29. The number of carboxylic acid groups (broad SMARTS) is 1. The molecule has 0 saturated carbocycles. The van der Waals surface area contributed by atoms with Crippen LogP contribution in [0.1, 0.15) is 124 Å². The third-order valence-electron chi connectivity index (χ3n) is 15.7. The molecule has 5 atom stereocenters. The molecule has 0 aliphatic heterocycles. The first kappa shape index (κ1) is 76.4. The monoisotopic (exact) mass is 1360 g/mol. The number of anilines is 4. The Morgan fingerprint density at radius 2 is 0.796 bits per heavy atom. The second-order valence-electron chi connectivity index (χ2n) is 22.9. The number of para-hydroxylation sites is 1. The van der Waals surface area contributed by atoms with Crippen LogP contribution in [0.4, 0.5) is 22.7 Å². The number of methoxy groups -OCH3 is 3. The van der Waals surface area contributed by atoms with E-state index in [1.807, 2.05) is 24.3 Å². The lowest BCUT2D eigenvalue weighted by atomic mass is 10.0. The summed E-state index contributed by atoms with van der Waals surface area (Å²) in [4.78, 5) is 140. The van der Waals surface area contributed by atoms with Gasteiger partial charge in [0.25, 0.3) is 23.6 Å². The number of benzene rings is 5. The van der Waals surface area contributed by atoms with E-state index in [1.165, 1.54) is 88.1 Å². The molecule has 0 saturated heterocycles. The van der Waals surface area contributed by atoms with Gasteiger partial charge in [0.1, 0.15) is 47.2 Å². The number of hydrogen-bond donors (Lipinski definition) is 16. The standard InChI is InChI=1S/C68H89N15O15/c1-95-55-24-20-40(76-65(91)49(73)15-6-10-28-69)33-45(55)61(87)80-51(17-7-11-29-70)66(92)77-41-21-25-56(96-2)46(34-41)62(88)81-52(18-8-12-30-71)67(93)79-43-23-27-58(98-38-59(84)85)48(36-43)64(90)82-53(19-9-13-31-72)68(94)78-42-22-26-57(97-3)47(35-42)63(89)83-54(60(74)86)32-39-37-75-50-16-5-4-14-44(39)50/h4-5,14,16,20-27,33-37,49,51-54,75H,6-13,15,17-19,28-32,38,69-73H2,1-3H3,(H2,74,86)(H,76,91)(H,77,92)(H,78,94)(H,79,93)(H,80,87)(H,81,88)(H,82,90)(H,83,89)(H,84,85)/t49-,51-,52-,53-,54-/m0/s1. The van der Waals surface area contributed by atoms with E-state index in [0.29, 0.717) is 70.9 Å². The van der Waals surface area contributed by atoms with Gasteiger partial charge in [0.05, 0.1) is 49.6 Å². The van der Waals surface area contributed by atoms with Crippen LogP contribution in [0, 0.1) is 0 Å². The number of aromatic nitrogens is 1. The van der Waals surface area contributed by atoms with Crippen LogP contribution in [0.15, 0.2) is 103 Å². The first-order chi connectivity index (χ1) is 47.1. The highest BCUT2D eigenvalue weighted by molar-refractivity contribution is 6.08. The third kappa shape index (κ3) is 22.5. The lowest BCUT2D eigenvalue weighted by Crippen LogP contribution is -2.46. The molecular formula is C68H89N15O15. The van der Waals surface area contributed by atoms with Gasteiger partial charge in [-0.3, -0.25) is 43.2 Å². The van der Waals surface area contributed by atoms with E-state index in [1.54, 1.807) is 12.3 Å². The Kier molecular flexibility index (Phi) is 30.2. The molecule has 9 amide bonds. The van der Waals surface area contributed by atoms with Gasteiger partial charge in [-0.25, -0.2) is 4.79 Å². The Balaban J connectivity index is 1.20. The number of amides is 9. The van der Waals surface area contributed by atoms with Crippen molar-refractivity contribution >= 4 is 92.8 Å². The van der Waals surface area contributed by atoms with Gasteiger partial charge in [-0.05, 0) is 181 Å². The Hall–Kier alpha value is -10.7. The van der Waals surface area contributed by atoms with Crippen LogP contribution in [-0.2, 0) is 35.2 Å². The number of hydrogen-bond acceptors (Lipinski definition) is 19. The fraction of sp³-hybridized carbons (Fsp3) is 0.382. The van der Waals surface area contributed by atoms with E-state index in [0.717, 1.165) is 16.5 Å². The zero-order valence-corrected chi connectivity index (χ0v) is 55.1. The molecule has 526 valence electrons. The largest absolute Gasteiger partial charge is 0.496 e. The van der Waals surface area contributed by atoms with Gasteiger partial charge < -0.3 is 106 Å². The number of primary amides is 1. The van der Waals surface area contributed by atoms with Gasteiger partial charge in [-0.15, -0.1) is 0 Å². The summed E-state index contributed by atoms with van der Waals surface area (Å²) in [6, 6.07) is 18.3. The molecule has 0 spiro atoms. The summed E-state index contributed by atoms with van der Waals surface area (Å²) in [6.07, 6.45) is 6.28. The normalized spacial score (nSPS) is 12.5. The zero-order chi connectivity index (χ0) is 71.3. The molecule has 0 bridgehead atoms. The SMILES string of the molecule is COc1ccc(NC(=O)[C@H](CCCCN)NC(=O)c2cc(NC(=O)[C@H](CCCCN)NC(=O)c3cc(NC(=O)[C@H](CCCCN)NC(=O)c4cc(NC(=O)[C@@H](N)CCCCN)ccc4OC)ccc3OC)ccc2OCC(=O)O)cc1C(=O)N[C@@H](Cc1c[nH]c2ccccc12)C(N)=O. The fourth-order valence-electron chi connectivity index (χ4n) is 10.5. The molecule has 0 aliphatic rings. The summed E-state index contributed by atoms with van der Waals surface area (Å²) in [6.45, 7) is 0.375. The lowest BCUT2D eigenvalue weighted by molar-refractivity contribution is -0.139. The van der Waals surface area contributed by atoms with Gasteiger partial charge >= 0.3 is 5.97 Å². The molecule has 22 N–H and O–H groups in total. The van der Waals surface area contributed by atoms with E-state index < -0.39 is 96.0 Å². The minimum atomic E-state index is -1.38. The summed E-state index contributed by atoms with van der Waals surface area (Å²) in [5.41, 5.74) is 36.4. The van der Waals surface area contributed by atoms with Gasteiger partial charge in [0, 0.05) is 46.3 Å². The fourth-order valence-corrected chi connectivity index (χ4v) is 10.5. The van der Waals surface area contributed by atoms with Gasteiger partial charge in [0.2, 0.25) is 29.5 Å². The molecule has 30 heteroatoms. The van der Waals surface area contributed by atoms with Crippen molar-refractivity contribution in [2.24, 2.45) is 34.4 Å². The van der Waals surface area contributed by atoms with E-state index in [2.05, 4.69) is 47.5 Å². The number of unbranched alkanes of at least 4 members (excludes halogenated alkanes) is 4. The van der Waals surface area contributed by atoms with Gasteiger partial charge in [-0.2, -0.15) is 0 Å². The Morgan fingerprint density at radius 3 is 1.16 bits per heavy atom. The minimum absolute atomic E-state index is 0.00551. The molecule has 0 unspecified atom stereocenters. The second-order valence-corrected chi connectivity index (χ2v) is 22.9. The molecule has 0 radical (unpaired) electrons. The van der Waals surface area contributed by atoms with Crippen LogP contribution in [0.25, 0.3) is 10.9 Å². The maximum Gasteiger partial charge on any atom is 0.341 e. The predicted octanol–water partition coefficient (Wildman–Crippen LogP) is 3.48. The smallest absolute Gasteiger partial charge is 0.341 e. The Bertz CT molecular complexity index is 3770. The molecule has 0 fully saturated rings. The van der Waals surface area contributed by atoms with E-state index in [-0.39, 0.29) is 107 Å². The number of H-pyrrole nitrogens is 1. The number of rotatable bonds is 41. The molecule has 98 heavy (non-hydrogen) atoms. The number of carbonyl (C=O) groups is 10. The summed E-state index contributed by atoms with van der Waals surface area (Å²) in [7, 11) is 4.01. The van der Waals surface area contributed by atoms with Crippen molar-refractivity contribution in [3.8, 4) is 23.0 Å². The average molecular weight is 1360 g/mol. The lowest BCUT2D eigenvalue weighted by Gasteiger charge is -2.22. The predicted molar refractivity (Wildman–Crippen MR) is 369 cm³/mol. The van der Waals surface area contributed by atoms with Crippen molar-refractivity contribution in [2.75, 3.05) is 75.4 Å². The van der Waals surface area contributed by atoms with Crippen molar-refractivity contribution in [3.05, 3.63) is 131 Å². The zero-order valence-electron chi connectivity index (χ0n) is 55.1. The Labute approximate surface area is 566 Å². The van der Waals surface area contributed by atoms with E-state index in [4.69, 9.17) is 53.3 Å². The number of nitrogens with one attached hydrogen (secondary N) is 9. The highest BCUT2D eigenvalue weighted by atomic mass is 16.5. The molecular weight excluding hydrogens is 1270 g/mol. The molecule has 0 aliphatic carbocycles. The molecule has 5 aromatic carbocycles. The van der Waals surface area contributed by atoms with Crippen molar-refractivity contribution in [2.45, 2.75) is 114 Å². The molecule has 1 aromatic heterocycles. The third-order valence-corrected chi connectivity index (χ3v) is 15.7. The highest BCUT2D eigenvalue weighted by Gasteiger charge is 2.30. The van der Waals surface area contributed by atoms with E-state index >= 15 is 0 Å². The molecule has 6 aromatic rings. The van der Waals surface area contributed by atoms with Crippen LogP contribution in [-0.4, -0.2) is 154 Å². The summed E-state index contributed by atoms with van der Waals surface area (Å²) >= 11 is 0. The number of aliphatic carboxylic acids is 1. The van der Waals surface area contributed by atoms with Gasteiger partial charge in [0.15, 0.2) is 6.61 Å².